The van der Waals surface area contributed by atoms with Crippen LogP contribution in [0.3, 0.4) is 0 Å². The number of thioether (sulfide) groups is 1. The topological polar surface area (TPSA) is 121 Å². The van der Waals surface area contributed by atoms with Gasteiger partial charge in [-0.3, -0.25) is 19.3 Å². The lowest BCUT2D eigenvalue weighted by molar-refractivity contribution is -0.126. The van der Waals surface area contributed by atoms with Crippen molar-refractivity contribution < 1.29 is 24.3 Å². The first-order valence-electron chi connectivity index (χ1n) is 16.2. The van der Waals surface area contributed by atoms with Crippen LogP contribution in [0, 0.1) is 20.8 Å². The number of nitrogens with one attached hydrogen (secondary N) is 1. The number of benzene rings is 3. The molecule has 0 fully saturated rings. The molecule has 3 amide bonds. The number of aliphatic imine (C=N–C) groups is 1. The van der Waals surface area contributed by atoms with E-state index < -0.39 is 23.8 Å². The average molecular weight is 699 g/mol. The van der Waals surface area contributed by atoms with E-state index >= 15 is 0 Å². The third-order valence-electron chi connectivity index (χ3n) is 8.37. The standard InChI is InChI=1S/C41H38N4O5S/c1-6-8-19-33(7-2)45-39(48)34(24-32-23-27(4)44(28(32)5)35-21-20-31(40(49)50)22-26(35)3)38(47)43-41(45)51-25-36(46)42-37(29-15-11-9-12-16-29)30-17-13-10-14-18-30/h6-24,37H,1,25H2,2-5H3,(H,42,46)(H,49,50)/b19-8-,33-7+,34-24+. The van der Waals surface area contributed by atoms with Crippen molar-refractivity contribution in [3.05, 3.63) is 166 Å². The van der Waals surface area contributed by atoms with E-state index in [1.165, 1.54) is 11.0 Å². The second-order valence-electron chi connectivity index (χ2n) is 11.8. The lowest BCUT2D eigenvalue weighted by atomic mass is 9.99. The first-order chi connectivity index (χ1) is 24.5. The number of nitrogens with zero attached hydrogens (tertiary/aromatic N) is 3. The van der Waals surface area contributed by atoms with Crippen molar-refractivity contribution in [1.82, 2.24) is 14.8 Å². The van der Waals surface area contributed by atoms with Gasteiger partial charge in [0.2, 0.25) is 5.91 Å². The minimum atomic E-state index is -1.01. The molecule has 51 heavy (non-hydrogen) atoms. The Morgan fingerprint density at radius 2 is 1.61 bits per heavy atom. The number of carboxylic acid groups (broad SMARTS) is 1. The first-order valence-corrected chi connectivity index (χ1v) is 17.2. The summed E-state index contributed by atoms with van der Waals surface area (Å²) in [7, 11) is 0. The number of aromatic nitrogens is 1. The molecule has 0 aliphatic carbocycles. The Labute approximate surface area is 301 Å². The number of aryl methyl sites for hydroxylation is 2. The summed E-state index contributed by atoms with van der Waals surface area (Å²) in [4.78, 5) is 58.4. The Kier molecular flexibility index (Phi) is 11.5. The van der Waals surface area contributed by atoms with Crippen LogP contribution < -0.4 is 5.32 Å². The maximum Gasteiger partial charge on any atom is 0.335 e. The number of amides is 3. The Morgan fingerprint density at radius 3 is 2.18 bits per heavy atom. The molecule has 10 heteroatoms. The summed E-state index contributed by atoms with van der Waals surface area (Å²) in [6, 6.07) is 25.6. The van der Waals surface area contributed by atoms with E-state index in [-0.39, 0.29) is 28.0 Å². The molecule has 1 aliphatic rings. The number of hydrogen-bond donors (Lipinski definition) is 2. The molecule has 0 spiro atoms. The summed E-state index contributed by atoms with van der Waals surface area (Å²) in [6.07, 6.45) is 8.18. The second-order valence-corrected chi connectivity index (χ2v) is 12.7. The number of amidine groups is 1. The Bertz CT molecular complexity index is 2090. The van der Waals surface area contributed by atoms with Gasteiger partial charge in [-0.15, -0.1) is 0 Å². The molecular formula is C41H38N4O5S. The molecule has 0 saturated heterocycles. The highest BCUT2D eigenvalue weighted by molar-refractivity contribution is 8.14. The van der Waals surface area contributed by atoms with Crippen LogP contribution in [-0.2, 0) is 14.4 Å². The summed E-state index contributed by atoms with van der Waals surface area (Å²) in [6.45, 7) is 11.1. The van der Waals surface area contributed by atoms with E-state index in [1.807, 2.05) is 92.1 Å². The predicted molar refractivity (Wildman–Crippen MR) is 203 cm³/mol. The highest BCUT2D eigenvalue weighted by atomic mass is 32.2. The van der Waals surface area contributed by atoms with Crippen molar-refractivity contribution in [1.29, 1.82) is 0 Å². The Morgan fingerprint density at radius 1 is 0.961 bits per heavy atom. The monoisotopic (exact) mass is 698 g/mol. The quantitative estimate of drug-likeness (QED) is 0.0952. The lowest BCUT2D eigenvalue weighted by Gasteiger charge is -2.28. The summed E-state index contributed by atoms with van der Waals surface area (Å²) in [5.41, 5.74) is 6.08. The molecule has 3 aromatic carbocycles. The predicted octanol–water partition coefficient (Wildman–Crippen LogP) is 7.49. The van der Waals surface area contributed by atoms with Gasteiger partial charge in [-0.1, -0.05) is 97.2 Å². The van der Waals surface area contributed by atoms with E-state index in [9.17, 15) is 24.3 Å². The fraction of sp³-hybridized carbons (Fsp3) is 0.146. The van der Waals surface area contributed by atoms with Gasteiger partial charge >= 0.3 is 5.97 Å². The molecule has 9 nitrogen and oxygen atoms in total. The van der Waals surface area contributed by atoms with Crippen LogP contribution in [0.15, 0.2) is 132 Å². The third kappa shape index (κ3) is 8.08. The van der Waals surface area contributed by atoms with Crippen molar-refractivity contribution in [3.8, 4) is 5.69 Å². The highest BCUT2D eigenvalue weighted by Gasteiger charge is 2.35. The Balaban J connectivity index is 1.46. The molecule has 0 unspecified atom stereocenters. The van der Waals surface area contributed by atoms with E-state index in [1.54, 1.807) is 49.4 Å². The van der Waals surface area contributed by atoms with E-state index in [2.05, 4.69) is 16.9 Å². The van der Waals surface area contributed by atoms with Gasteiger partial charge in [-0.05, 0) is 86.4 Å². The van der Waals surface area contributed by atoms with Gasteiger partial charge in [0.15, 0.2) is 5.17 Å². The van der Waals surface area contributed by atoms with Crippen LogP contribution in [-0.4, -0.2) is 49.2 Å². The number of carbonyl (C=O) groups is 4. The maximum atomic E-state index is 14.2. The van der Waals surface area contributed by atoms with Crippen molar-refractivity contribution in [2.45, 2.75) is 33.7 Å². The van der Waals surface area contributed by atoms with E-state index in [0.29, 0.717) is 11.3 Å². The summed E-state index contributed by atoms with van der Waals surface area (Å²) in [5.74, 6) is -2.72. The van der Waals surface area contributed by atoms with Crippen molar-refractivity contribution >= 4 is 46.7 Å². The zero-order chi connectivity index (χ0) is 36.7. The van der Waals surface area contributed by atoms with Gasteiger partial charge in [0.05, 0.1) is 17.4 Å². The number of allylic oxidation sites excluding steroid dienone is 4. The summed E-state index contributed by atoms with van der Waals surface area (Å²) in [5, 5.41) is 12.6. The number of hydrogen-bond acceptors (Lipinski definition) is 5. The number of carboxylic acids is 1. The molecule has 2 N–H and O–H groups in total. The van der Waals surface area contributed by atoms with Crippen LogP contribution in [0.4, 0.5) is 0 Å². The molecule has 258 valence electrons. The smallest absolute Gasteiger partial charge is 0.335 e. The zero-order valence-electron chi connectivity index (χ0n) is 28.8. The molecule has 5 rings (SSSR count). The molecule has 1 aliphatic heterocycles. The molecule has 1 aromatic heterocycles. The van der Waals surface area contributed by atoms with Crippen molar-refractivity contribution in [2.24, 2.45) is 4.99 Å². The molecule has 0 bridgehead atoms. The molecular weight excluding hydrogens is 661 g/mol. The molecule has 0 radical (unpaired) electrons. The molecule has 4 aromatic rings. The van der Waals surface area contributed by atoms with Gasteiger partial charge in [0.1, 0.15) is 5.57 Å². The molecule has 2 heterocycles. The number of aromatic carboxylic acids is 1. The van der Waals surface area contributed by atoms with Crippen molar-refractivity contribution in [3.63, 3.8) is 0 Å². The lowest BCUT2D eigenvalue weighted by Crippen LogP contribution is -2.42. The van der Waals surface area contributed by atoms with Crippen LogP contribution in [0.25, 0.3) is 11.8 Å². The zero-order valence-corrected chi connectivity index (χ0v) is 29.6. The number of carbonyl (C=O) groups excluding carboxylic acids is 3. The SMILES string of the molecule is C=C/C=C\C(=C/C)N1C(=O)/C(=C/c2cc(C)n(-c3ccc(C(=O)O)cc3C)c2C)C(=O)N=C1SCC(=O)NC(c1ccccc1)c1ccccc1. The maximum absolute atomic E-state index is 14.2. The van der Waals surface area contributed by atoms with Gasteiger partial charge in [0, 0.05) is 22.8 Å². The van der Waals surface area contributed by atoms with Crippen LogP contribution in [0.5, 0.6) is 0 Å². The first kappa shape index (κ1) is 36.3. The van der Waals surface area contributed by atoms with Gasteiger partial charge in [0.25, 0.3) is 11.8 Å². The van der Waals surface area contributed by atoms with Gasteiger partial charge in [-0.2, -0.15) is 4.99 Å². The van der Waals surface area contributed by atoms with Crippen molar-refractivity contribution in [2.75, 3.05) is 5.75 Å². The largest absolute Gasteiger partial charge is 0.478 e. The van der Waals surface area contributed by atoms with Gasteiger partial charge < -0.3 is 15.0 Å². The fourth-order valence-electron chi connectivity index (χ4n) is 5.89. The minimum Gasteiger partial charge on any atom is -0.478 e. The average Bonchev–Trinajstić information content (AvgIpc) is 3.41. The fourth-order valence-corrected chi connectivity index (χ4v) is 6.70. The second kappa shape index (κ2) is 16.1. The summed E-state index contributed by atoms with van der Waals surface area (Å²) < 4.78 is 1.95. The van der Waals surface area contributed by atoms with Crippen LogP contribution >= 0.6 is 11.8 Å². The van der Waals surface area contributed by atoms with Crippen LogP contribution in [0.1, 0.15) is 57.0 Å². The highest BCUT2D eigenvalue weighted by Crippen LogP contribution is 2.30. The number of rotatable bonds is 11. The summed E-state index contributed by atoms with van der Waals surface area (Å²) >= 11 is 0.999. The minimum absolute atomic E-state index is 0.0784. The Hall–Kier alpha value is -6.00. The van der Waals surface area contributed by atoms with Gasteiger partial charge in [-0.25, -0.2) is 4.79 Å². The third-order valence-corrected chi connectivity index (χ3v) is 9.31. The van der Waals surface area contributed by atoms with Crippen LogP contribution in [0.2, 0.25) is 0 Å². The molecule has 0 saturated carbocycles. The van der Waals surface area contributed by atoms with E-state index in [0.717, 1.165) is 45.5 Å². The van der Waals surface area contributed by atoms with E-state index in [4.69, 9.17) is 0 Å². The molecule has 0 atom stereocenters. The normalized spacial score (nSPS) is 14.4.